The second kappa shape index (κ2) is 10.3. The van der Waals surface area contributed by atoms with Gasteiger partial charge in [-0.3, -0.25) is 14.4 Å². The molecule has 0 spiro atoms. The minimum Gasteiger partial charge on any atom is -0.355 e. The van der Waals surface area contributed by atoms with E-state index in [-0.39, 0.29) is 51.7 Å². The number of benzene rings is 1. The molecule has 11 heteroatoms. The molecule has 4 rings (SSSR count). The molecule has 3 aromatic rings. The van der Waals surface area contributed by atoms with Crippen LogP contribution in [0.15, 0.2) is 41.3 Å². The smallest absolute Gasteiger partial charge is 0.273 e. The van der Waals surface area contributed by atoms with Gasteiger partial charge in [0.05, 0.1) is 28.0 Å². The van der Waals surface area contributed by atoms with Gasteiger partial charge >= 0.3 is 0 Å². The number of halogens is 2. The number of aromatic nitrogens is 3. The highest BCUT2D eigenvalue weighted by Crippen LogP contribution is 2.26. The Hall–Kier alpha value is -3.43. The lowest BCUT2D eigenvalue weighted by Gasteiger charge is -2.34. The van der Waals surface area contributed by atoms with Crippen molar-refractivity contribution < 1.29 is 9.59 Å². The first-order chi connectivity index (χ1) is 17.1. The Kier molecular flexibility index (Phi) is 7.33. The number of nitrogens with zero attached hydrogens (tertiary/aromatic N) is 4. The molecule has 9 nitrogen and oxygen atoms in total. The standard InChI is InChI=1S/C25H26Cl2N6O3/c1-13(2)30-25-31-21-12-32(24(36)20-10-18(26)19(27)11-29-20)14(3)9-17(21)23(35)33(25)16-7-5-15(6-8-16)22(34)28-4/h5-8,10-11,13-14H,9,12H2,1-4H3,(H,28,34)(H,30,31)/t14-/m1/s1. The highest BCUT2D eigenvalue weighted by molar-refractivity contribution is 6.42. The number of nitrogens with one attached hydrogen (secondary N) is 2. The lowest BCUT2D eigenvalue weighted by molar-refractivity contribution is 0.0647. The zero-order valence-corrected chi connectivity index (χ0v) is 21.8. The predicted octanol–water partition coefficient (Wildman–Crippen LogP) is 3.70. The van der Waals surface area contributed by atoms with Crippen molar-refractivity contribution in [3.63, 3.8) is 0 Å². The first kappa shape index (κ1) is 25.7. The van der Waals surface area contributed by atoms with Gasteiger partial charge in [0.15, 0.2) is 0 Å². The van der Waals surface area contributed by atoms with Crippen molar-refractivity contribution in [2.75, 3.05) is 12.4 Å². The van der Waals surface area contributed by atoms with E-state index in [9.17, 15) is 14.4 Å². The highest BCUT2D eigenvalue weighted by Gasteiger charge is 2.32. The van der Waals surface area contributed by atoms with Crippen molar-refractivity contribution in [2.24, 2.45) is 0 Å². The number of fused-ring (bicyclic) bond motifs is 1. The third-order valence-corrected chi connectivity index (χ3v) is 6.65. The van der Waals surface area contributed by atoms with Crippen LogP contribution in [0.1, 0.15) is 52.9 Å². The number of carbonyl (C=O) groups excluding carboxylic acids is 2. The van der Waals surface area contributed by atoms with Crippen LogP contribution < -0.4 is 16.2 Å². The average Bonchev–Trinajstić information content (AvgIpc) is 2.85. The Morgan fingerprint density at radius 1 is 1.14 bits per heavy atom. The first-order valence-corrected chi connectivity index (χ1v) is 12.2. The number of anilines is 1. The van der Waals surface area contributed by atoms with Crippen LogP contribution in [0.2, 0.25) is 10.0 Å². The molecular weight excluding hydrogens is 503 g/mol. The molecule has 2 N–H and O–H groups in total. The van der Waals surface area contributed by atoms with Gasteiger partial charge in [-0.15, -0.1) is 0 Å². The van der Waals surface area contributed by atoms with Crippen LogP contribution in [-0.4, -0.2) is 50.4 Å². The number of pyridine rings is 1. The molecule has 36 heavy (non-hydrogen) atoms. The molecule has 0 saturated carbocycles. The minimum atomic E-state index is -0.319. The number of rotatable bonds is 5. The van der Waals surface area contributed by atoms with Crippen molar-refractivity contribution in [2.45, 2.75) is 45.8 Å². The van der Waals surface area contributed by atoms with E-state index < -0.39 is 0 Å². The predicted molar refractivity (Wildman–Crippen MR) is 139 cm³/mol. The van der Waals surface area contributed by atoms with Gasteiger partial charge in [0.1, 0.15) is 5.69 Å². The van der Waals surface area contributed by atoms with Gasteiger partial charge in [-0.2, -0.15) is 0 Å². The van der Waals surface area contributed by atoms with Crippen molar-refractivity contribution in [3.8, 4) is 5.69 Å². The second-order valence-corrected chi connectivity index (χ2v) is 9.71. The Morgan fingerprint density at radius 2 is 1.83 bits per heavy atom. The summed E-state index contributed by atoms with van der Waals surface area (Å²) in [6.45, 7) is 5.91. The summed E-state index contributed by atoms with van der Waals surface area (Å²) in [7, 11) is 1.56. The summed E-state index contributed by atoms with van der Waals surface area (Å²) >= 11 is 12.0. The summed E-state index contributed by atoms with van der Waals surface area (Å²) in [5.41, 5.74) is 2.08. The summed E-state index contributed by atoms with van der Waals surface area (Å²) in [4.78, 5) is 49.4. The average molecular weight is 529 g/mol. The summed E-state index contributed by atoms with van der Waals surface area (Å²) in [6.07, 6.45) is 1.67. The quantitative estimate of drug-likeness (QED) is 0.522. The number of hydrogen-bond acceptors (Lipinski definition) is 6. The number of hydrogen-bond donors (Lipinski definition) is 2. The van der Waals surface area contributed by atoms with Gasteiger partial charge in [-0.25, -0.2) is 14.5 Å². The molecule has 1 aliphatic rings. The Labute approximate surface area is 218 Å². The molecule has 2 amide bonds. The van der Waals surface area contributed by atoms with E-state index >= 15 is 0 Å². The van der Waals surface area contributed by atoms with Gasteiger partial charge in [0, 0.05) is 36.5 Å². The SMILES string of the molecule is CNC(=O)c1ccc(-n2c(NC(C)C)nc3c(c2=O)C[C@@H](C)N(C(=O)c2cc(Cl)c(Cl)cn2)C3)cc1. The third kappa shape index (κ3) is 4.94. The van der Waals surface area contributed by atoms with Crippen LogP contribution in [0.4, 0.5) is 5.95 Å². The zero-order valence-electron chi connectivity index (χ0n) is 20.3. The molecule has 188 valence electrons. The fourth-order valence-corrected chi connectivity index (χ4v) is 4.37. The van der Waals surface area contributed by atoms with Crippen LogP contribution in [0.5, 0.6) is 0 Å². The zero-order chi connectivity index (χ0) is 26.1. The number of amides is 2. The lowest BCUT2D eigenvalue weighted by Crippen LogP contribution is -2.46. The van der Waals surface area contributed by atoms with Gasteiger partial charge in [0.25, 0.3) is 17.4 Å². The molecule has 0 unspecified atom stereocenters. The van der Waals surface area contributed by atoms with E-state index in [1.165, 1.54) is 16.8 Å². The van der Waals surface area contributed by atoms with Crippen LogP contribution >= 0.6 is 23.2 Å². The Bertz CT molecular complexity index is 1390. The maximum Gasteiger partial charge on any atom is 0.273 e. The van der Waals surface area contributed by atoms with Gasteiger partial charge < -0.3 is 15.5 Å². The molecule has 0 bridgehead atoms. The maximum absolute atomic E-state index is 13.7. The van der Waals surface area contributed by atoms with E-state index in [1.54, 1.807) is 36.2 Å². The first-order valence-electron chi connectivity index (χ1n) is 11.5. The molecule has 1 aliphatic heterocycles. The van der Waals surface area contributed by atoms with Gasteiger partial charge in [-0.1, -0.05) is 23.2 Å². The summed E-state index contributed by atoms with van der Waals surface area (Å²) in [5.74, 6) is -0.176. The summed E-state index contributed by atoms with van der Waals surface area (Å²) in [6, 6.07) is 7.90. The van der Waals surface area contributed by atoms with Crippen molar-refractivity contribution >= 4 is 41.0 Å². The molecule has 2 aromatic heterocycles. The second-order valence-electron chi connectivity index (χ2n) is 8.90. The fourth-order valence-electron chi connectivity index (χ4n) is 4.11. The van der Waals surface area contributed by atoms with Crippen LogP contribution in [0.25, 0.3) is 5.69 Å². The lowest BCUT2D eigenvalue weighted by atomic mass is 9.99. The van der Waals surface area contributed by atoms with E-state index in [4.69, 9.17) is 28.2 Å². The Morgan fingerprint density at radius 3 is 2.44 bits per heavy atom. The molecule has 1 aromatic carbocycles. The summed E-state index contributed by atoms with van der Waals surface area (Å²) < 4.78 is 1.51. The highest BCUT2D eigenvalue weighted by atomic mass is 35.5. The minimum absolute atomic E-state index is 0.00741. The van der Waals surface area contributed by atoms with E-state index in [1.807, 2.05) is 20.8 Å². The monoisotopic (exact) mass is 528 g/mol. The normalized spacial score (nSPS) is 15.0. The molecular formula is C25H26Cl2N6O3. The van der Waals surface area contributed by atoms with Crippen LogP contribution in [0.3, 0.4) is 0 Å². The molecule has 0 radical (unpaired) electrons. The number of carbonyl (C=O) groups is 2. The van der Waals surface area contributed by atoms with Crippen LogP contribution in [0, 0.1) is 0 Å². The van der Waals surface area contributed by atoms with Crippen molar-refractivity contribution in [1.82, 2.24) is 24.8 Å². The summed E-state index contributed by atoms with van der Waals surface area (Å²) in [5, 5.41) is 6.33. The molecule has 0 saturated heterocycles. The van der Waals surface area contributed by atoms with Crippen molar-refractivity contribution in [3.05, 3.63) is 79.4 Å². The molecule has 3 heterocycles. The fraction of sp³-hybridized carbons (Fsp3) is 0.320. The van der Waals surface area contributed by atoms with E-state index in [2.05, 4.69) is 15.6 Å². The van der Waals surface area contributed by atoms with Gasteiger partial charge in [-0.05, 0) is 57.5 Å². The largest absolute Gasteiger partial charge is 0.355 e. The molecule has 0 fully saturated rings. The van der Waals surface area contributed by atoms with E-state index in [0.29, 0.717) is 34.9 Å². The van der Waals surface area contributed by atoms with E-state index in [0.717, 1.165) is 0 Å². The Balaban J connectivity index is 1.75. The van der Waals surface area contributed by atoms with Crippen LogP contribution in [-0.2, 0) is 13.0 Å². The topological polar surface area (TPSA) is 109 Å². The molecule has 0 aliphatic carbocycles. The maximum atomic E-state index is 13.7. The van der Waals surface area contributed by atoms with Gasteiger partial charge in [0.2, 0.25) is 5.95 Å². The molecule has 1 atom stereocenters. The van der Waals surface area contributed by atoms with Crippen molar-refractivity contribution in [1.29, 1.82) is 0 Å². The third-order valence-electron chi connectivity index (χ3n) is 5.94.